The Kier molecular flexibility index (Phi) is 4.22. The predicted octanol–water partition coefficient (Wildman–Crippen LogP) is 3.09. The maximum Gasteiger partial charge on any atom is 0.293 e. The van der Waals surface area contributed by atoms with Crippen molar-refractivity contribution in [3.8, 4) is 5.75 Å². The lowest BCUT2D eigenvalue weighted by atomic mass is 10.2. The number of ether oxygens (including phenoxy) is 1. The van der Waals surface area contributed by atoms with Gasteiger partial charge in [0.1, 0.15) is 5.82 Å². The molecule has 0 fully saturated rings. The van der Waals surface area contributed by atoms with Gasteiger partial charge in [-0.25, -0.2) is 4.39 Å². The summed E-state index contributed by atoms with van der Waals surface area (Å²) in [6.07, 6.45) is 1.58. The van der Waals surface area contributed by atoms with Crippen molar-refractivity contribution in [3.63, 3.8) is 0 Å². The highest BCUT2D eigenvalue weighted by Crippen LogP contribution is 2.19. The Bertz CT molecular complexity index is 619. The smallest absolute Gasteiger partial charge is 0.293 e. The molecular weight excluding hydrogens is 269 g/mol. The van der Waals surface area contributed by atoms with E-state index < -0.39 is 5.82 Å². The lowest BCUT2D eigenvalue weighted by Crippen LogP contribution is -2.22. The van der Waals surface area contributed by atoms with Crippen LogP contribution < -0.4 is 10.3 Å². The van der Waals surface area contributed by atoms with Crippen LogP contribution in [0.2, 0.25) is 5.02 Å². The molecule has 0 N–H and O–H groups in total. The quantitative estimate of drug-likeness (QED) is 0.862. The Balaban J connectivity index is 2.39. The van der Waals surface area contributed by atoms with Crippen molar-refractivity contribution >= 4 is 11.6 Å². The summed E-state index contributed by atoms with van der Waals surface area (Å²) >= 11 is 5.95. The van der Waals surface area contributed by atoms with Gasteiger partial charge in [-0.1, -0.05) is 17.7 Å². The van der Waals surface area contributed by atoms with E-state index in [1.54, 1.807) is 31.3 Å². The van der Waals surface area contributed by atoms with Gasteiger partial charge in [-0.05, 0) is 31.2 Å². The Morgan fingerprint density at radius 2 is 2.11 bits per heavy atom. The van der Waals surface area contributed by atoms with Crippen LogP contribution in [0.1, 0.15) is 12.5 Å². The van der Waals surface area contributed by atoms with Crippen molar-refractivity contribution in [1.29, 1.82) is 0 Å². The summed E-state index contributed by atoms with van der Waals surface area (Å²) in [4.78, 5) is 12.1. The van der Waals surface area contributed by atoms with E-state index in [0.717, 1.165) is 0 Å². The van der Waals surface area contributed by atoms with Crippen molar-refractivity contribution in [2.75, 3.05) is 6.61 Å². The topological polar surface area (TPSA) is 31.2 Å². The van der Waals surface area contributed by atoms with Gasteiger partial charge in [0.05, 0.1) is 13.2 Å². The molecule has 0 amide bonds. The maximum absolute atomic E-state index is 13.7. The molecule has 1 aromatic heterocycles. The number of benzene rings is 1. The van der Waals surface area contributed by atoms with Gasteiger partial charge in [-0.3, -0.25) is 4.79 Å². The van der Waals surface area contributed by atoms with Gasteiger partial charge in [0.15, 0.2) is 5.75 Å². The molecule has 0 saturated carbocycles. The number of pyridine rings is 1. The summed E-state index contributed by atoms with van der Waals surface area (Å²) in [6.45, 7) is 2.27. The molecule has 0 unspecified atom stereocenters. The summed E-state index contributed by atoms with van der Waals surface area (Å²) in [7, 11) is 0. The molecule has 3 nitrogen and oxygen atoms in total. The van der Waals surface area contributed by atoms with E-state index >= 15 is 0 Å². The van der Waals surface area contributed by atoms with Crippen LogP contribution >= 0.6 is 11.6 Å². The highest BCUT2D eigenvalue weighted by atomic mass is 35.5. The molecule has 2 rings (SSSR count). The Hall–Kier alpha value is -1.81. The van der Waals surface area contributed by atoms with Crippen LogP contribution in [-0.2, 0) is 6.54 Å². The number of hydrogen-bond acceptors (Lipinski definition) is 2. The van der Waals surface area contributed by atoms with Crippen LogP contribution in [0.5, 0.6) is 5.75 Å². The Morgan fingerprint density at radius 3 is 2.79 bits per heavy atom. The van der Waals surface area contributed by atoms with Gasteiger partial charge in [-0.15, -0.1) is 0 Å². The third kappa shape index (κ3) is 2.96. The average molecular weight is 282 g/mol. The number of aromatic nitrogens is 1. The first-order valence-electron chi connectivity index (χ1n) is 5.88. The van der Waals surface area contributed by atoms with E-state index in [-0.39, 0.29) is 17.9 Å². The van der Waals surface area contributed by atoms with Crippen LogP contribution in [0.15, 0.2) is 41.3 Å². The highest BCUT2D eigenvalue weighted by Gasteiger charge is 2.10. The molecule has 0 saturated heterocycles. The van der Waals surface area contributed by atoms with Gasteiger partial charge < -0.3 is 9.30 Å². The molecule has 0 atom stereocenters. The van der Waals surface area contributed by atoms with E-state index in [9.17, 15) is 9.18 Å². The molecule has 19 heavy (non-hydrogen) atoms. The maximum atomic E-state index is 13.7. The van der Waals surface area contributed by atoms with E-state index in [1.165, 1.54) is 16.7 Å². The average Bonchev–Trinajstić information content (AvgIpc) is 2.38. The zero-order valence-electron chi connectivity index (χ0n) is 10.4. The molecule has 2 aromatic rings. The number of nitrogens with zero attached hydrogens (tertiary/aromatic N) is 1. The molecule has 1 heterocycles. The van der Waals surface area contributed by atoms with E-state index in [0.29, 0.717) is 17.2 Å². The fourth-order valence-corrected chi connectivity index (χ4v) is 1.98. The van der Waals surface area contributed by atoms with Gasteiger partial charge in [0, 0.05) is 16.8 Å². The van der Waals surface area contributed by atoms with Gasteiger partial charge in [0.25, 0.3) is 5.56 Å². The minimum absolute atomic E-state index is 0.0747. The van der Waals surface area contributed by atoms with Crippen LogP contribution in [0.4, 0.5) is 4.39 Å². The number of halogens is 2. The molecule has 5 heteroatoms. The first kappa shape index (κ1) is 13.6. The van der Waals surface area contributed by atoms with Crippen molar-refractivity contribution in [3.05, 3.63) is 63.3 Å². The first-order chi connectivity index (χ1) is 9.13. The van der Waals surface area contributed by atoms with E-state index in [2.05, 4.69) is 0 Å². The molecule has 0 radical (unpaired) electrons. The summed E-state index contributed by atoms with van der Waals surface area (Å²) in [5.41, 5.74) is -0.0106. The molecule has 100 valence electrons. The summed E-state index contributed by atoms with van der Waals surface area (Å²) in [6, 6.07) is 7.71. The predicted molar refractivity (Wildman–Crippen MR) is 72.4 cm³/mol. The van der Waals surface area contributed by atoms with Gasteiger partial charge in [-0.2, -0.15) is 0 Å². The van der Waals surface area contributed by atoms with E-state index in [1.807, 2.05) is 0 Å². The van der Waals surface area contributed by atoms with Crippen molar-refractivity contribution in [2.24, 2.45) is 0 Å². The largest absolute Gasteiger partial charge is 0.488 e. The summed E-state index contributed by atoms with van der Waals surface area (Å²) < 4.78 is 20.3. The summed E-state index contributed by atoms with van der Waals surface area (Å²) in [5, 5.41) is 0.300. The van der Waals surface area contributed by atoms with Gasteiger partial charge in [0.2, 0.25) is 0 Å². The van der Waals surface area contributed by atoms with Crippen molar-refractivity contribution in [1.82, 2.24) is 4.57 Å². The molecule has 1 aromatic carbocycles. The Morgan fingerprint density at radius 1 is 1.32 bits per heavy atom. The van der Waals surface area contributed by atoms with Crippen LogP contribution in [-0.4, -0.2) is 11.2 Å². The normalized spacial score (nSPS) is 10.5. The molecule has 0 bridgehead atoms. The lowest BCUT2D eigenvalue weighted by Gasteiger charge is -2.10. The number of rotatable bonds is 4. The Labute approximate surface area is 115 Å². The second-order valence-electron chi connectivity index (χ2n) is 3.94. The molecule has 0 aliphatic carbocycles. The minimum atomic E-state index is -0.429. The van der Waals surface area contributed by atoms with E-state index in [4.69, 9.17) is 16.3 Å². The number of hydrogen-bond donors (Lipinski definition) is 0. The fourth-order valence-electron chi connectivity index (χ4n) is 1.76. The monoisotopic (exact) mass is 281 g/mol. The zero-order chi connectivity index (χ0) is 13.8. The SMILES string of the molecule is CCOc1cccn(Cc2c(F)cccc2Cl)c1=O. The van der Waals surface area contributed by atoms with Crippen LogP contribution in [0.25, 0.3) is 0 Å². The lowest BCUT2D eigenvalue weighted by molar-refractivity contribution is 0.332. The molecule has 0 aliphatic heterocycles. The van der Waals surface area contributed by atoms with Crippen LogP contribution in [0, 0.1) is 5.82 Å². The first-order valence-corrected chi connectivity index (χ1v) is 6.26. The standard InChI is InChI=1S/C14H13ClFNO2/c1-2-19-13-7-4-8-17(14(13)18)9-10-11(15)5-3-6-12(10)16/h3-8H,2,9H2,1H3. The molecule has 0 aliphatic rings. The second-order valence-corrected chi connectivity index (χ2v) is 4.35. The molecule has 0 spiro atoms. The van der Waals surface area contributed by atoms with Crippen LogP contribution in [0.3, 0.4) is 0 Å². The van der Waals surface area contributed by atoms with Gasteiger partial charge >= 0.3 is 0 Å². The second kappa shape index (κ2) is 5.89. The third-order valence-electron chi connectivity index (χ3n) is 2.68. The fraction of sp³-hybridized carbons (Fsp3) is 0.214. The van der Waals surface area contributed by atoms with Crippen molar-refractivity contribution in [2.45, 2.75) is 13.5 Å². The zero-order valence-corrected chi connectivity index (χ0v) is 11.2. The molecular formula is C14H13ClFNO2. The van der Waals surface area contributed by atoms with Crippen molar-refractivity contribution < 1.29 is 9.13 Å². The summed E-state index contributed by atoms with van der Waals surface area (Å²) in [5.74, 6) is -0.182. The third-order valence-corrected chi connectivity index (χ3v) is 3.03. The highest BCUT2D eigenvalue weighted by molar-refractivity contribution is 6.31. The minimum Gasteiger partial charge on any atom is -0.488 e.